The van der Waals surface area contributed by atoms with Crippen molar-refractivity contribution in [3.05, 3.63) is 71.5 Å². The van der Waals surface area contributed by atoms with E-state index in [0.29, 0.717) is 77.0 Å². The van der Waals surface area contributed by atoms with E-state index in [1.54, 1.807) is 58.9 Å². The summed E-state index contributed by atoms with van der Waals surface area (Å²) in [4.78, 5) is 89.3. The molecule has 19 nitrogen and oxygen atoms in total. The highest BCUT2D eigenvalue weighted by atomic mass is 32.2. The lowest BCUT2D eigenvalue weighted by Gasteiger charge is -2.38. The number of ketones is 2. The molecule has 0 unspecified atom stereocenters. The van der Waals surface area contributed by atoms with Gasteiger partial charge in [0.1, 0.15) is 28.6 Å². The summed E-state index contributed by atoms with van der Waals surface area (Å²) in [7, 11) is -1.34. The Hall–Kier alpha value is -5.84. The number of carbonyl (C=O) groups excluding carboxylic acids is 6. The predicted molar refractivity (Wildman–Crippen MR) is 337 cm³/mol. The molecular weight excluding hydrogens is 1150 g/mol. The number of carbonyl (C=O) groups is 6. The maximum absolute atomic E-state index is 14.6. The molecule has 6 rings (SSSR count). The summed E-state index contributed by atoms with van der Waals surface area (Å²) >= 11 is 1.23. The van der Waals surface area contributed by atoms with Gasteiger partial charge in [-0.2, -0.15) is 0 Å². The van der Waals surface area contributed by atoms with Crippen LogP contribution < -0.4 is 20.1 Å². The second-order valence-corrected chi connectivity index (χ2v) is 28.6. The summed E-state index contributed by atoms with van der Waals surface area (Å²) in [5.41, 5.74) is 2.80. The minimum Gasteiger partial charge on any atom is -0.495 e. The minimum atomic E-state index is -4.23. The second kappa shape index (κ2) is 31.1. The van der Waals surface area contributed by atoms with Crippen molar-refractivity contribution in [2.75, 3.05) is 36.1 Å². The fourth-order valence-corrected chi connectivity index (χ4v) is 14.4. The zero-order valence-corrected chi connectivity index (χ0v) is 54.7. The maximum Gasteiger partial charge on any atom is 0.329 e. The smallest absolute Gasteiger partial charge is 0.329 e. The monoisotopic (exact) mass is 1250 g/mol. The number of sulfonamides is 1. The van der Waals surface area contributed by atoms with Gasteiger partial charge in [-0.25, -0.2) is 18.2 Å². The first-order valence-corrected chi connectivity index (χ1v) is 33.2. The third-order valence-electron chi connectivity index (χ3n) is 17.4. The Labute approximate surface area is 518 Å². The van der Waals surface area contributed by atoms with E-state index in [9.17, 15) is 52.5 Å². The van der Waals surface area contributed by atoms with Crippen LogP contribution in [0.4, 0.5) is 16.5 Å². The summed E-state index contributed by atoms with van der Waals surface area (Å²) in [6.07, 6.45) is 9.51. The highest BCUT2D eigenvalue weighted by molar-refractivity contribution is 7.92. The molecule has 1 aliphatic carbocycles. The second-order valence-electron chi connectivity index (χ2n) is 25.9. The van der Waals surface area contributed by atoms with E-state index in [0.717, 1.165) is 42.6 Å². The molecule has 2 fully saturated rings. The number of aliphatic hydroxyl groups excluding tert-OH is 1. The first-order valence-electron chi connectivity index (χ1n) is 30.9. The van der Waals surface area contributed by atoms with Gasteiger partial charge in [-0.1, -0.05) is 103 Å². The molecular formula is C66H95N5O14S2. The molecule has 480 valence electrons. The number of anilines is 3. The van der Waals surface area contributed by atoms with Gasteiger partial charge in [0.25, 0.3) is 21.7 Å². The molecule has 6 N–H and O–H groups in total. The van der Waals surface area contributed by atoms with Crippen LogP contribution in [0.3, 0.4) is 0 Å². The van der Waals surface area contributed by atoms with E-state index in [1.807, 2.05) is 19.9 Å². The van der Waals surface area contributed by atoms with Gasteiger partial charge < -0.3 is 45.1 Å². The van der Waals surface area contributed by atoms with Gasteiger partial charge in [0.05, 0.1) is 29.9 Å². The molecule has 1 aromatic heterocycles. The number of Topliss-reactive ketones (excluding diaryl/α,β-unsaturated/α-hetero) is 2. The fourth-order valence-electron chi connectivity index (χ4n) is 12.1. The van der Waals surface area contributed by atoms with Crippen LogP contribution >= 0.6 is 11.3 Å². The molecule has 1 saturated heterocycles. The number of aryl methyl sites for hydroxylation is 1. The van der Waals surface area contributed by atoms with Crippen molar-refractivity contribution in [3.63, 3.8) is 0 Å². The number of hydrogen-bond donors (Lipinski definition) is 6. The van der Waals surface area contributed by atoms with Gasteiger partial charge >= 0.3 is 5.97 Å². The zero-order valence-electron chi connectivity index (χ0n) is 53.0. The molecule has 3 aromatic rings. The number of piperidine rings is 1. The number of nitrogens with zero attached hydrogens (tertiary/aromatic N) is 2. The lowest BCUT2D eigenvalue weighted by Crippen LogP contribution is -2.58. The van der Waals surface area contributed by atoms with E-state index < -0.39 is 81.0 Å². The Bertz CT molecular complexity index is 3080. The van der Waals surface area contributed by atoms with Crippen molar-refractivity contribution in [1.29, 1.82) is 0 Å². The molecule has 3 amide bonds. The molecule has 0 bridgehead atoms. The number of amides is 3. The standard InChI is InChI=1S/C66H95N5O14S2/c1-39-19-16-22-51(83-11)36-43(5)66(79,80)60(75)61(76)71-31-14-13-23-52(71)62(77)85-58(42(4)35-46-20-15-18-40(2)33-46)44(6)53(72)38-54(73)47(34-41(3)32-39)21-17-24-57(74)68-49-26-28-50(29-27-49)70-87(81,82)56-37-48(25-30-55(56)84-12)59-45(7)67-64(86-59)69-63(78)65(8,9)10/h25-30,34-35,37,39-40,43-44,46-47,51-53,58,70,72,79-80H,13-24,31-33,36,38H2,1-12H3,(H,68,74)(H,67,69,78)/b41-34+,42-35+/t39-,40+,43-,44-,46-,47-,51-,52+,53+,58-/m1/s1. The number of hydrogen-bond acceptors (Lipinski definition) is 16. The van der Waals surface area contributed by atoms with Crippen molar-refractivity contribution in [2.45, 2.75) is 207 Å². The number of thiazole rings is 1. The quantitative estimate of drug-likeness (QED) is 0.0379. The minimum absolute atomic E-state index is 0.0174. The van der Waals surface area contributed by atoms with Crippen molar-refractivity contribution < 1.29 is 66.7 Å². The van der Waals surface area contributed by atoms with E-state index >= 15 is 0 Å². The van der Waals surface area contributed by atoms with Crippen LogP contribution in [0.1, 0.15) is 171 Å². The zero-order chi connectivity index (χ0) is 64.1. The molecule has 87 heavy (non-hydrogen) atoms. The molecule has 0 spiro atoms. The summed E-state index contributed by atoms with van der Waals surface area (Å²) in [6.45, 7) is 18.5. The van der Waals surface area contributed by atoms with Crippen molar-refractivity contribution in [2.24, 2.45) is 40.9 Å². The Morgan fingerprint density at radius 2 is 1.55 bits per heavy atom. The van der Waals surface area contributed by atoms with E-state index in [4.69, 9.17) is 14.2 Å². The van der Waals surface area contributed by atoms with E-state index in [1.165, 1.54) is 50.7 Å². The van der Waals surface area contributed by atoms with Gasteiger partial charge in [-0.15, -0.1) is 0 Å². The molecule has 2 aromatic carbocycles. The van der Waals surface area contributed by atoms with Gasteiger partial charge in [-0.3, -0.25) is 28.7 Å². The summed E-state index contributed by atoms with van der Waals surface area (Å²) in [5.74, 6) is -8.88. The summed E-state index contributed by atoms with van der Waals surface area (Å²) < 4.78 is 48.1. The van der Waals surface area contributed by atoms with Crippen LogP contribution in [0.2, 0.25) is 0 Å². The SMILES string of the molecule is COc1ccc(-c2sc(NC(=O)C(C)(C)C)nc2C)cc1S(=O)(=O)Nc1ccc(NC(=O)CCC[C@@H]2/C=C(\C)C[C@H](C)CCC[C@@H](OC)C[C@@H](C)C(O)(O)C(=O)C(=O)N3CCCC[C@H]3C(=O)O[C@H](/C(C)=C/[C@@H]3CCC[C@H](C)C3)[C@H](C)[C@@H](O)CC2=O)cc1. The van der Waals surface area contributed by atoms with Gasteiger partial charge in [0.15, 0.2) is 5.13 Å². The number of methoxy groups -OCH3 is 2. The third-order valence-corrected chi connectivity index (χ3v) is 19.9. The molecule has 2 aliphatic heterocycles. The highest BCUT2D eigenvalue weighted by Gasteiger charge is 2.48. The number of benzene rings is 2. The lowest BCUT2D eigenvalue weighted by molar-refractivity contribution is -0.208. The number of esters is 1. The van der Waals surface area contributed by atoms with Crippen LogP contribution in [-0.2, 0) is 48.3 Å². The number of cyclic esters (lactones) is 1. The van der Waals surface area contributed by atoms with Crippen molar-refractivity contribution in [1.82, 2.24) is 9.88 Å². The van der Waals surface area contributed by atoms with Crippen LogP contribution in [0.15, 0.2) is 70.7 Å². The van der Waals surface area contributed by atoms with E-state index in [2.05, 4.69) is 40.3 Å². The molecule has 1 saturated carbocycles. The molecule has 3 aliphatic rings. The van der Waals surface area contributed by atoms with Crippen molar-refractivity contribution >= 4 is 73.1 Å². The van der Waals surface area contributed by atoms with Gasteiger partial charge in [0, 0.05) is 61.0 Å². The number of allylic oxidation sites excluding steroid dienone is 3. The Kier molecular flexibility index (Phi) is 25.1. The predicted octanol–water partition coefficient (Wildman–Crippen LogP) is 11.1. The van der Waals surface area contributed by atoms with Crippen LogP contribution in [0, 0.1) is 47.8 Å². The first-order chi connectivity index (χ1) is 40.9. The fraction of sp³-hybridized carbons (Fsp3) is 0.621. The van der Waals surface area contributed by atoms with Crippen LogP contribution in [0.5, 0.6) is 5.75 Å². The molecule has 0 radical (unpaired) electrons. The number of nitrogens with one attached hydrogen (secondary N) is 3. The third kappa shape index (κ3) is 19.3. The largest absolute Gasteiger partial charge is 0.495 e. The Morgan fingerprint density at radius 3 is 2.22 bits per heavy atom. The number of fused-ring (bicyclic) bond motifs is 1. The van der Waals surface area contributed by atoms with Gasteiger partial charge in [-0.05, 0) is 156 Å². The van der Waals surface area contributed by atoms with Crippen molar-refractivity contribution in [3.8, 4) is 16.2 Å². The van der Waals surface area contributed by atoms with Crippen LogP contribution in [0.25, 0.3) is 10.4 Å². The first kappa shape index (κ1) is 70.2. The normalized spacial score (nSPS) is 27.0. The molecule has 3 heterocycles. The highest BCUT2D eigenvalue weighted by Crippen LogP contribution is 2.39. The average molecular weight is 1250 g/mol. The summed E-state index contributed by atoms with van der Waals surface area (Å²) in [5, 5.41) is 40.8. The number of aromatic nitrogens is 1. The number of rotatable bonds is 14. The lowest BCUT2D eigenvalue weighted by atomic mass is 9.80. The van der Waals surface area contributed by atoms with Gasteiger partial charge in [0.2, 0.25) is 17.6 Å². The number of ether oxygens (including phenoxy) is 3. The Balaban J connectivity index is 1.18. The number of aliphatic hydroxyl groups is 3. The Morgan fingerprint density at radius 1 is 0.874 bits per heavy atom. The summed E-state index contributed by atoms with van der Waals surface area (Å²) in [6, 6.07) is 9.75. The molecule has 10 atom stereocenters. The topological polar surface area (TPSA) is 277 Å². The maximum atomic E-state index is 14.6. The van der Waals surface area contributed by atoms with E-state index in [-0.39, 0.29) is 84.4 Å². The average Bonchev–Trinajstić information content (AvgIpc) is 1.87. The van der Waals surface area contributed by atoms with Crippen LogP contribution in [-0.4, -0.2) is 120 Å². The molecule has 21 heteroatoms.